The van der Waals surface area contributed by atoms with Crippen LogP contribution in [0.2, 0.25) is 0 Å². The first-order valence-electron chi connectivity index (χ1n) is 8.48. The molecule has 2 heterocycles. The number of nitrogens with zero attached hydrogens (tertiary/aromatic N) is 1. The third-order valence-corrected chi connectivity index (χ3v) is 4.49. The fraction of sp³-hybridized carbons (Fsp3) is 0.143. The van der Waals surface area contributed by atoms with E-state index >= 15 is 0 Å². The Bertz CT molecular complexity index is 995. The van der Waals surface area contributed by atoms with E-state index in [1.807, 2.05) is 54.6 Å². The highest BCUT2D eigenvalue weighted by atomic mass is 16.5. The van der Waals surface area contributed by atoms with Crippen LogP contribution in [-0.2, 0) is 11.3 Å². The van der Waals surface area contributed by atoms with Crippen molar-refractivity contribution in [2.75, 3.05) is 11.9 Å². The molecule has 1 amide bonds. The molecule has 3 aromatic rings. The number of hydrogen-bond acceptors (Lipinski definition) is 3. The minimum atomic E-state index is -0.409. The van der Waals surface area contributed by atoms with Gasteiger partial charge in [-0.2, -0.15) is 0 Å². The second-order valence-corrected chi connectivity index (χ2v) is 6.23. The number of hydrogen-bond donors (Lipinski definition) is 1. The molecule has 130 valence electrons. The van der Waals surface area contributed by atoms with Crippen LogP contribution in [-0.4, -0.2) is 17.1 Å². The van der Waals surface area contributed by atoms with Gasteiger partial charge in [-0.25, -0.2) is 0 Å². The number of rotatable bonds is 4. The van der Waals surface area contributed by atoms with E-state index in [0.717, 1.165) is 16.9 Å². The van der Waals surface area contributed by atoms with Crippen molar-refractivity contribution < 1.29 is 9.53 Å². The van der Waals surface area contributed by atoms with E-state index in [2.05, 4.69) is 5.32 Å². The maximum Gasteiger partial charge on any atom is 0.274 e. The van der Waals surface area contributed by atoms with Crippen molar-refractivity contribution in [2.45, 2.75) is 12.5 Å². The predicted molar refractivity (Wildman–Crippen MR) is 99.6 cm³/mol. The number of ether oxygens (including phenoxy) is 1. The van der Waals surface area contributed by atoms with E-state index in [-0.39, 0.29) is 23.8 Å². The summed E-state index contributed by atoms with van der Waals surface area (Å²) in [6.07, 6.45) is 1.72. The first-order chi connectivity index (χ1) is 12.7. The number of pyridine rings is 1. The highest BCUT2D eigenvalue weighted by Gasteiger charge is 2.30. The number of carbonyl (C=O) groups is 1. The Labute approximate surface area is 150 Å². The molecule has 26 heavy (non-hydrogen) atoms. The Kier molecular flexibility index (Phi) is 4.27. The molecular formula is C21H18N2O3. The van der Waals surface area contributed by atoms with Crippen LogP contribution in [0.5, 0.6) is 5.75 Å². The Morgan fingerprint density at radius 3 is 2.65 bits per heavy atom. The highest BCUT2D eigenvalue weighted by molar-refractivity contribution is 5.96. The smallest absolute Gasteiger partial charge is 0.274 e. The molecule has 5 heteroatoms. The van der Waals surface area contributed by atoms with Crippen molar-refractivity contribution in [3.63, 3.8) is 0 Å². The van der Waals surface area contributed by atoms with Crippen LogP contribution in [0.4, 0.5) is 5.69 Å². The van der Waals surface area contributed by atoms with Gasteiger partial charge in [-0.3, -0.25) is 9.59 Å². The second-order valence-electron chi connectivity index (χ2n) is 6.23. The Morgan fingerprint density at radius 1 is 1.04 bits per heavy atom. The minimum Gasteiger partial charge on any atom is -0.492 e. The summed E-state index contributed by atoms with van der Waals surface area (Å²) in [7, 11) is 0. The number of fused-ring (bicyclic) bond motifs is 1. The monoisotopic (exact) mass is 346 g/mol. The van der Waals surface area contributed by atoms with Gasteiger partial charge in [0.25, 0.3) is 5.56 Å². The molecule has 1 aliphatic heterocycles. The van der Waals surface area contributed by atoms with Gasteiger partial charge in [0, 0.05) is 11.8 Å². The summed E-state index contributed by atoms with van der Waals surface area (Å²) in [5.74, 6) is 0.0834. The lowest BCUT2D eigenvalue weighted by atomic mass is 10.0. The van der Waals surface area contributed by atoms with E-state index in [9.17, 15) is 9.59 Å². The molecule has 1 unspecified atom stereocenters. The minimum absolute atomic E-state index is 0.225. The zero-order valence-corrected chi connectivity index (χ0v) is 14.1. The second kappa shape index (κ2) is 6.88. The lowest BCUT2D eigenvalue weighted by Gasteiger charge is -2.12. The Morgan fingerprint density at radius 2 is 1.81 bits per heavy atom. The number of carbonyl (C=O) groups excluding carboxylic acids is 1. The maximum absolute atomic E-state index is 12.7. The SMILES string of the molecule is O=C(Nc1cccn(Cc2ccccc2)c1=O)C1COc2ccccc21. The summed E-state index contributed by atoms with van der Waals surface area (Å²) < 4.78 is 7.15. The predicted octanol–water partition coefficient (Wildman–Crippen LogP) is 3.01. The van der Waals surface area contributed by atoms with E-state index in [1.54, 1.807) is 22.9 Å². The summed E-state index contributed by atoms with van der Waals surface area (Å²) in [5, 5.41) is 2.77. The van der Waals surface area contributed by atoms with Crippen molar-refractivity contribution in [3.8, 4) is 5.75 Å². The van der Waals surface area contributed by atoms with Crippen molar-refractivity contribution in [3.05, 3.63) is 94.4 Å². The van der Waals surface area contributed by atoms with Gasteiger partial charge in [-0.05, 0) is 23.8 Å². The molecule has 1 N–H and O–H groups in total. The van der Waals surface area contributed by atoms with Crippen LogP contribution < -0.4 is 15.6 Å². The van der Waals surface area contributed by atoms with Crippen LogP contribution in [0, 0.1) is 0 Å². The zero-order valence-electron chi connectivity index (χ0n) is 14.1. The van der Waals surface area contributed by atoms with Gasteiger partial charge in [-0.15, -0.1) is 0 Å². The summed E-state index contributed by atoms with van der Waals surface area (Å²) in [6.45, 7) is 0.745. The molecule has 0 saturated carbocycles. The Balaban J connectivity index is 1.55. The van der Waals surface area contributed by atoms with Gasteiger partial charge in [0.2, 0.25) is 5.91 Å². The fourth-order valence-corrected chi connectivity index (χ4v) is 3.14. The summed E-state index contributed by atoms with van der Waals surface area (Å²) in [5.41, 5.74) is 1.93. The number of aromatic nitrogens is 1. The summed E-state index contributed by atoms with van der Waals surface area (Å²) in [6, 6.07) is 20.6. The molecular weight excluding hydrogens is 328 g/mol. The lowest BCUT2D eigenvalue weighted by molar-refractivity contribution is -0.117. The molecule has 0 spiro atoms. The van der Waals surface area contributed by atoms with E-state index in [0.29, 0.717) is 6.54 Å². The topological polar surface area (TPSA) is 60.3 Å². The zero-order chi connectivity index (χ0) is 17.9. The number of benzene rings is 2. The molecule has 2 aromatic carbocycles. The van der Waals surface area contributed by atoms with Crippen molar-refractivity contribution in [2.24, 2.45) is 0 Å². The molecule has 1 aromatic heterocycles. The molecule has 0 radical (unpaired) electrons. The van der Waals surface area contributed by atoms with Gasteiger partial charge in [0.15, 0.2) is 0 Å². The van der Waals surface area contributed by atoms with Crippen LogP contribution in [0.15, 0.2) is 77.7 Å². The van der Waals surface area contributed by atoms with E-state index in [1.165, 1.54) is 0 Å². The molecule has 4 rings (SSSR count). The van der Waals surface area contributed by atoms with Crippen LogP contribution in [0.1, 0.15) is 17.0 Å². The molecule has 1 aliphatic rings. The third-order valence-electron chi connectivity index (χ3n) is 4.49. The molecule has 0 fully saturated rings. The number of para-hydroxylation sites is 1. The van der Waals surface area contributed by atoms with Crippen molar-refractivity contribution >= 4 is 11.6 Å². The molecule has 0 aliphatic carbocycles. The highest BCUT2D eigenvalue weighted by Crippen LogP contribution is 2.33. The molecule has 1 atom stereocenters. The average molecular weight is 346 g/mol. The first-order valence-corrected chi connectivity index (χ1v) is 8.48. The van der Waals surface area contributed by atoms with Crippen molar-refractivity contribution in [1.82, 2.24) is 4.57 Å². The van der Waals surface area contributed by atoms with E-state index in [4.69, 9.17) is 4.74 Å². The first kappa shape index (κ1) is 16.1. The number of anilines is 1. The quantitative estimate of drug-likeness (QED) is 0.790. The third kappa shape index (κ3) is 3.11. The molecule has 0 bridgehead atoms. The van der Waals surface area contributed by atoms with Crippen LogP contribution in [0.25, 0.3) is 0 Å². The van der Waals surface area contributed by atoms with Gasteiger partial charge in [0.05, 0.1) is 6.54 Å². The van der Waals surface area contributed by atoms with Crippen molar-refractivity contribution in [1.29, 1.82) is 0 Å². The van der Waals surface area contributed by atoms with Gasteiger partial charge < -0.3 is 14.6 Å². The average Bonchev–Trinajstić information content (AvgIpc) is 3.10. The largest absolute Gasteiger partial charge is 0.492 e. The van der Waals surface area contributed by atoms with Crippen LogP contribution in [0.3, 0.4) is 0 Å². The fourth-order valence-electron chi connectivity index (χ4n) is 3.14. The summed E-state index contributed by atoms with van der Waals surface area (Å²) >= 11 is 0. The van der Waals surface area contributed by atoms with E-state index < -0.39 is 5.92 Å². The standard InChI is InChI=1S/C21H18N2O3/c24-20(17-14-26-19-11-5-4-9-16(17)19)22-18-10-6-12-23(21(18)25)13-15-7-2-1-3-8-15/h1-12,17H,13-14H2,(H,22,24). The Hall–Kier alpha value is -3.34. The maximum atomic E-state index is 12.7. The normalized spacial score (nSPS) is 15.2. The van der Waals surface area contributed by atoms with Crippen LogP contribution >= 0.6 is 0 Å². The molecule has 0 saturated heterocycles. The lowest BCUT2D eigenvalue weighted by Crippen LogP contribution is -2.29. The number of nitrogens with one attached hydrogen (secondary N) is 1. The van der Waals surface area contributed by atoms with Gasteiger partial charge in [0.1, 0.15) is 24.0 Å². The summed E-state index contributed by atoms with van der Waals surface area (Å²) in [4.78, 5) is 25.3. The number of amides is 1. The molecule has 5 nitrogen and oxygen atoms in total. The van der Waals surface area contributed by atoms with Gasteiger partial charge >= 0.3 is 0 Å². The van der Waals surface area contributed by atoms with Gasteiger partial charge in [-0.1, -0.05) is 48.5 Å².